The van der Waals surface area contributed by atoms with E-state index in [9.17, 15) is 9.59 Å². The zero-order chi connectivity index (χ0) is 12.0. The molecule has 0 heterocycles. The molecule has 1 saturated carbocycles. The van der Waals surface area contributed by atoms with Gasteiger partial charge in [0, 0.05) is 0 Å². The molecule has 1 aliphatic carbocycles. The predicted octanol–water partition coefficient (Wildman–Crippen LogP) is 1.54. The number of nitrogens with one attached hydrogen (secondary N) is 1. The van der Waals surface area contributed by atoms with E-state index >= 15 is 0 Å². The third-order valence-corrected chi connectivity index (χ3v) is 2.72. The Morgan fingerprint density at radius 2 is 2.25 bits per heavy atom. The van der Waals surface area contributed by atoms with Crippen molar-refractivity contribution >= 4 is 12.1 Å². The first-order chi connectivity index (χ1) is 7.63. The van der Waals surface area contributed by atoms with Crippen LogP contribution in [-0.2, 0) is 9.53 Å². The van der Waals surface area contributed by atoms with Crippen LogP contribution in [0.5, 0.6) is 0 Å². The molecule has 0 aromatic carbocycles. The fourth-order valence-electron chi connectivity index (χ4n) is 1.60. The predicted molar refractivity (Wildman–Crippen MR) is 58.1 cm³/mol. The van der Waals surface area contributed by atoms with Gasteiger partial charge in [-0.2, -0.15) is 0 Å². The molecule has 0 unspecified atom stereocenters. The van der Waals surface area contributed by atoms with Crippen molar-refractivity contribution in [1.82, 2.24) is 5.32 Å². The van der Waals surface area contributed by atoms with Crippen LogP contribution in [0.2, 0.25) is 0 Å². The molecule has 0 aromatic rings. The van der Waals surface area contributed by atoms with Gasteiger partial charge in [-0.15, -0.1) is 0 Å². The maximum absolute atomic E-state index is 11.2. The second-order valence-electron chi connectivity index (χ2n) is 3.95. The van der Waals surface area contributed by atoms with E-state index in [0.717, 1.165) is 19.3 Å². The summed E-state index contributed by atoms with van der Waals surface area (Å²) in [4.78, 5) is 22.1. The van der Waals surface area contributed by atoms with Crippen molar-refractivity contribution in [2.75, 3.05) is 6.61 Å². The molecular weight excluding hydrogens is 210 g/mol. The molecule has 5 nitrogen and oxygen atoms in total. The molecule has 0 radical (unpaired) electrons. The molecule has 0 bridgehead atoms. The highest BCUT2D eigenvalue weighted by Gasteiger charge is 2.27. The van der Waals surface area contributed by atoms with Gasteiger partial charge in [0.15, 0.2) is 0 Å². The van der Waals surface area contributed by atoms with Gasteiger partial charge in [0.1, 0.15) is 12.6 Å². The number of amides is 1. The Balaban J connectivity index is 2.34. The monoisotopic (exact) mass is 227 g/mol. The summed E-state index contributed by atoms with van der Waals surface area (Å²) < 4.78 is 4.67. The lowest BCUT2D eigenvalue weighted by Crippen LogP contribution is -2.43. The number of aliphatic carboxylic acids is 1. The molecule has 1 aliphatic rings. The van der Waals surface area contributed by atoms with Gasteiger partial charge in [-0.05, 0) is 12.3 Å². The van der Waals surface area contributed by atoms with Crippen molar-refractivity contribution in [2.24, 2.45) is 5.92 Å². The first-order valence-electron chi connectivity index (χ1n) is 5.40. The average Bonchev–Trinajstić information content (AvgIpc) is 2.17. The minimum absolute atomic E-state index is 0.0849. The van der Waals surface area contributed by atoms with Crippen LogP contribution in [0.4, 0.5) is 4.79 Å². The Kier molecular flexibility index (Phi) is 4.82. The van der Waals surface area contributed by atoms with Crippen LogP contribution in [0.25, 0.3) is 0 Å². The number of rotatable bonds is 6. The Hall–Kier alpha value is -1.52. The topological polar surface area (TPSA) is 75.6 Å². The van der Waals surface area contributed by atoms with Gasteiger partial charge < -0.3 is 15.2 Å². The average molecular weight is 227 g/mol. The molecular formula is C11H17NO4. The molecule has 2 N–H and O–H groups in total. The van der Waals surface area contributed by atoms with Crippen molar-refractivity contribution < 1.29 is 19.4 Å². The summed E-state index contributed by atoms with van der Waals surface area (Å²) in [6, 6.07) is -0.845. The largest absolute Gasteiger partial charge is 0.480 e. The maximum atomic E-state index is 11.2. The molecule has 16 heavy (non-hydrogen) atoms. The SMILES string of the molecule is C=CCOC(=O)N[C@@H](CC1CCC1)C(=O)O. The number of hydrogen-bond donors (Lipinski definition) is 2. The third kappa shape index (κ3) is 3.92. The number of alkyl carbamates (subject to hydrolysis) is 1. The first-order valence-corrected chi connectivity index (χ1v) is 5.40. The van der Waals surface area contributed by atoms with Crippen LogP contribution >= 0.6 is 0 Å². The van der Waals surface area contributed by atoms with E-state index < -0.39 is 18.1 Å². The number of ether oxygens (including phenoxy) is 1. The normalized spacial score (nSPS) is 17.0. The Bertz CT molecular complexity index is 273. The quantitative estimate of drug-likeness (QED) is 0.675. The van der Waals surface area contributed by atoms with Crippen LogP contribution in [0, 0.1) is 5.92 Å². The zero-order valence-electron chi connectivity index (χ0n) is 9.15. The van der Waals surface area contributed by atoms with Gasteiger partial charge in [0.25, 0.3) is 0 Å². The number of carboxylic acid groups (broad SMARTS) is 1. The fourth-order valence-corrected chi connectivity index (χ4v) is 1.60. The second kappa shape index (κ2) is 6.15. The van der Waals surface area contributed by atoms with Gasteiger partial charge in [-0.25, -0.2) is 9.59 Å². The van der Waals surface area contributed by atoms with Crippen LogP contribution in [0.1, 0.15) is 25.7 Å². The van der Waals surface area contributed by atoms with Crippen LogP contribution in [-0.4, -0.2) is 29.8 Å². The van der Waals surface area contributed by atoms with Crippen molar-refractivity contribution in [3.05, 3.63) is 12.7 Å². The summed E-state index contributed by atoms with van der Waals surface area (Å²) in [6.07, 6.45) is 4.46. The zero-order valence-corrected chi connectivity index (χ0v) is 9.15. The Morgan fingerprint density at radius 3 is 2.69 bits per heavy atom. The van der Waals surface area contributed by atoms with E-state index in [1.165, 1.54) is 6.08 Å². The van der Waals surface area contributed by atoms with Crippen molar-refractivity contribution in [3.63, 3.8) is 0 Å². The summed E-state index contributed by atoms with van der Waals surface area (Å²) in [5.41, 5.74) is 0. The third-order valence-electron chi connectivity index (χ3n) is 2.72. The van der Waals surface area contributed by atoms with E-state index in [1.54, 1.807) is 0 Å². The van der Waals surface area contributed by atoms with E-state index in [-0.39, 0.29) is 6.61 Å². The van der Waals surface area contributed by atoms with Crippen molar-refractivity contribution in [3.8, 4) is 0 Å². The molecule has 1 amide bonds. The molecule has 90 valence electrons. The Labute approximate surface area is 94.5 Å². The van der Waals surface area contributed by atoms with Crippen LogP contribution in [0.3, 0.4) is 0 Å². The molecule has 1 fully saturated rings. The number of hydrogen-bond acceptors (Lipinski definition) is 3. The fraction of sp³-hybridized carbons (Fsp3) is 0.636. The molecule has 0 aliphatic heterocycles. The van der Waals surface area contributed by atoms with E-state index in [0.29, 0.717) is 12.3 Å². The van der Waals surface area contributed by atoms with Crippen LogP contribution < -0.4 is 5.32 Å². The van der Waals surface area contributed by atoms with Gasteiger partial charge in [0.2, 0.25) is 0 Å². The molecule has 0 saturated heterocycles. The molecule has 1 rings (SSSR count). The van der Waals surface area contributed by atoms with Crippen LogP contribution in [0.15, 0.2) is 12.7 Å². The number of carboxylic acids is 1. The standard InChI is InChI=1S/C11H17NO4/c1-2-6-16-11(15)12-9(10(13)14)7-8-4-3-5-8/h2,8-9H,1,3-7H2,(H,12,15)(H,13,14)/t9-/m0/s1. The summed E-state index contributed by atoms with van der Waals surface area (Å²) in [7, 11) is 0. The van der Waals surface area contributed by atoms with E-state index in [1.807, 2.05) is 0 Å². The van der Waals surface area contributed by atoms with Gasteiger partial charge in [-0.1, -0.05) is 31.9 Å². The molecule has 0 spiro atoms. The first kappa shape index (κ1) is 12.5. The lowest BCUT2D eigenvalue weighted by atomic mass is 9.81. The van der Waals surface area contributed by atoms with Gasteiger partial charge >= 0.3 is 12.1 Å². The highest BCUT2D eigenvalue weighted by Crippen LogP contribution is 2.30. The van der Waals surface area contributed by atoms with Crippen molar-refractivity contribution in [2.45, 2.75) is 31.7 Å². The maximum Gasteiger partial charge on any atom is 0.408 e. The van der Waals surface area contributed by atoms with E-state index in [2.05, 4.69) is 16.6 Å². The minimum atomic E-state index is -1.01. The summed E-state index contributed by atoms with van der Waals surface area (Å²) in [6.45, 7) is 3.48. The van der Waals surface area contributed by atoms with E-state index in [4.69, 9.17) is 5.11 Å². The lowest BCUT2D eigenvalue weighted by Gasteiger charge is -2.28. The summed E-state index contributed by atoms with van der Waals surface area (Å²) in [5, 5.41) is 11.3. The smallest absolute Gasteiger partial charge is 0.408 e. The highest BCUT2D eigenvalue weighted by atomic mass is 16.5. The van der Waals surface area contributed by atoms with Gasteiger partial charge in [-0.3, -0.25) is 0 Å². The molecule has 5 heteroatoms. The molecule has 1 atom stereocenters. The van der Waals surface area contributed by atoms with Gasteiger partial charge in [0.05, 0.1) is 0 Å². The number of carbonyl (C=O) groups is 2. The second-order valence-corrected chi connectivity index (χ2v) is 3.95. The lowest BCUT2D eigenvalue weighted by molar-refractivity contribution is -0.140. The Morgan fingerprint density at radius 1 is 1.56 bits per heavy atom. The number of carbonyl (C=O) groups excluding carboxylic acids is 1. The van der Waals surface area contributed by atoms with Crippen molar-refractivity contribution in [1.29, 1.82) is 0 Å². The summed E-state index contributed by atoms with van der Waals surface area (Å²) in [5.74, 6) is -0.594. The molecule has 0 aromatic heterocycles. The minimum Gasteiger partial charge on any atom is -0.480 e. The summed E-state index contributed by atoms with van der Waals surface area (Å²) >= 11 is 0. The highest BCUT2D eigenvalue weighted by molar-refractivity contribution is 5.79.